The smallest absolute Gasteiger partial charge is 0.0457 e. The fourth-order valence-electron chi connectivity index (χ4n) is 0.965. The van der Waals surface area contributed by atoms with Crippen molar-refractivity contribution in [2.75, 3.05) is 5.75 Å². The summed E-state index contributed by atoms with van der Waals surface area (Å²) in [6, 6.07) is 6.06. The van der Waals surface area contributed by atoms with Crippen LogP contribution >= 0.6 is 39.3 Å². The van der Waals surface area contributed by atoms with Gasteiger partial charge in [-0.3, -0.25) is 0 Å². The molecule has 0 saturated carbocycles. The van der Waals surface area contributed by atoms with E-state index in [9.17, 15) is 0 Å². The summed E-state index contributed by atoms with van der Waals surface area (Å²) in [5.74, 6) is 2.21. The minimum absolute atomic E-state index is 0.859. The van der Waals surface area contributed by atoms with Gasteiger partial charge in [0.25, 0.3) is 0 Å². The lowest BCUT2D eigenvalue weighted by Crippen LogP contribution is -1.84. The van der Waals surface area contributed by atoms with E-state index >= 15 is 0 Å². The molecule has 0 amide bonds. The van der Waals surface area contributed by atoms with Crippen LogP contribution in [0, 0.1) is 0 Å². The van der Waals surface area contributed by atoms with E-state index in [-0.39, 0.29) is 0 Å². The molecule has 0 nitrogen and oxygen atoms in total. The third kappa shape index (κ3) is 3.92. The molecule has 0 saturated heterocycles. The molecular weight excluding hydrogens is 268 g/mol. The van der Waals surface area contributed by atoms with Gasteiger partial charge in [0.05, 0.1) is 0 Å². The molecule has 0 N–H and O–H groups in total. The second-order valence-corrected chi connectivity index (χ2v) is 5.22. The van der Waals surface area contributed by atoms with Gasteiger partial charge in [-0.25, -0.2) is 0 Å². The number of halogens is 2. The number of hydrogen-bond acceptors (Lipinski definition) is 1. The molecule has 13 heavy (non-hydrogen) atoms. The molecule has 0 aliphatic heterocycles. The Bertz CT molecular complexity index is 276. The highest BCUT2D eigenvalue weighted by Crippen LogP contribution is 2.24. The molecule has 72 valence electrons. The quantitative estimate of drug-likeness (QED) is 0.717. The summed E-state index contributed by atoms with van der Waals surface area (Å²) in [4.78, 5) is 0. The molecule has 0 heterocycles. The van der Waals surface area contributed by atoms with Crippen LogP contribution in [0.4, 0.5) is 0 Å². The van der Waals surface area contributed by atoms with E-state index in [0.29, 0.717) is 0 Å². The van der Waals surface area contributed by atoms with Crippen LogP contribution in [0.25, 0.3) is 0 Å². The third-order valence-electron chi connectivity index (χ3n) is 1.62. The molecule has 1 aromatic rings. The van der Waals surface area contributed by atoms with Crippen molar-refractivity contribution in [3.63, 3.8) is 0 Å². The van der Waals surface area contributed by atoms with E-state index < -0.39 is 0 Å². The maximum atomic E-state index is 6.07. The highest BCUT2D eigenvalue weighted by atomic mass is 79.9. The molecular formula is C10H12BrClS. The first kappa shape index (κ1) is 11.4. The largest absolute Gasteiger partial charge is 0.157 e. The van der Waals surface area contributed by atoms with Crippen LogP contribution in [-0.2, 0) is 5.75 Å². The third-order valence-corrected chi connectivity index (χ3v) is 3.68. The van der Waals surface area contributed by atoms with Crippen molar-refractivity contribution >= 4 is 39.3 Å². The van der Waals surface area contributed by atoms with Gasteiger partial charge in [-0.15, -0.1) is 0 Å². The van der Waals surface area contributed by atoms with Crippen LogP contribution < -0.4 is 0 Å². The summed E-state index contributed by atoms with van der Waals surface area (Å²) in [6.45, 7) is 2.19. The highest BCUT2D eigenvalue weighted by molar-refractivity contribution is 9.10. The van der Waals surface area contributed by atoms with E-state index in [1.165, 1.54) is 17.7 Å². The second kappa shape index (κ2) is 5.94. The van der Waals surface area contributed by atoms with E-state index in [1.54, 1.807) is 0 Å². The first-order chi connectivity index (χ1) is 6.24. The second-order valence-electron chi connectivity index (χ2n) is 2.79. The van der Waals surface area contributed by atoms with Crippen molar-refractivity contribution in [1.29, 1.82) is 0 Å². The van der Waals surface area contributed by atoms with Gasteiger partial charge in [0.1, 0.15) is 0 Å². The Morgan fingerprint density at radius 1 is 1.46 bits per heavy atom. The summed E-state index contributed by atoms with van der Waals surface area (Å²) >= 11 is 11.4. The van der Waals surface area contributed by atoms with Crippen LogP contribution in [0.15, 0.2) is 22.7 Å². The van der Waals surface area contributed by atoms with Crippen molar-refractivity contribution < 1.29 is 0 Å². The Balaban J connectivity index is 2.56. The van der Waals surface area contributed by atoms with Crippen LogP contribution in [0.5, 0.6) is 0 Å². The molecule has 0 aliphatic carbocycles. The molecule has 0 aliphatic rings. The number of benzene rings is 1. The molecule has 0 aromatic heterocycles. The summed E-state index contributed by atoms with van der Waals surface area (Å²) < 4.78 is 1.04. The SMILES string of the molecule is CCCSCc1ccc(Br)cc1Cl. The van der Waals surface area contributed by atoms with Crippen LogP contribution in [-0.4, -0.2) is 5.75 Å². The first-order valence-corrected chi connectivity index (χ1v) is 6.58. The van der Waals surface area contributed by atoms with Crippen LogP contribution in [0.2, 0.25) is 5.02 Å². The zero-order valence-electron chi connectivity index (χ0n) is 7.52. The topological polar surface area (TPSA) is 0 Å². The Morgan fingerprint density at radius 2 is 2.23 bits per heavy atom. The molecule has 0 unspecified atom stereocenters. The Labute approximate surface area is 97.2 Å². The van der Waals surface area contributed by atoms with Crippen LogP contribution in [0.3, 0.4) is 0 Å². The molecule has 0 spiro atoms. The zero-order valence-corrected chi connectivity index (χ0v) is 10.7. The standard InChI is InChI=1S/C10H12BrClS/c1-2-5-13-7-8-3-4-9(11)6-10(8)12/h3-4,6H,2,5,7H2,1H3. The molecule has 0 atom stereocenters. The van der Waals surface area contributed by atoms with Gasteiger partial charge in [-0.05, 0) is 29.9 Å². The van der Waals surface area contributed by atoms with Gasteiger partial charge in [0, 0.05) is 15.2 Å². The van der Waals surface area contributed by atoms with Gasteiger partial charge in [-0.2, -0.15) is 11.8 Å². The van der Waals surface area contributed by atoms with Gasteiger partial charge in [0.15, 0.2) is 0 Å². The Kier molecular flexibility index (Phi) is 5.22. The van der Waals surface area contributed by atoms with E-state index in [2.05, 4.69) is 28.9 Å². The van der Waals surface area contributed by atoms with Crippen molar-refractivity contribution in [2.24, 2.45) is 0 Å². The summed E-state index contributed by atoms with van der Waals surface area (Å²) in [5, 5.41) is 0.859. The number of thioether (sulfide) groups is 1. The molecule has 1 rings (SSSR count). The molecule has 0 bridgehead atoms. The van der Waals surface area contributed by atoms with Crippen molar-refractivity contribution in [2.45, 2.75) is 19.1 Å². The predicted molar refractivity (Wildman–Crippen MR) is 65.6 cm³/mol. The molecule has 0 radical (unpaired) electrons. The van der Waals surface area contributed by atoms with Gasteiger partial charge in [-0.1, -0.05) is 40.5 Å². The molecule has 1 aromatic carbocycles. The average Bonchev–Trinajstić information content (AvgIpc) is 2.09. The minimum atomic E-state index is 0.859. The number of rotatable bonds is 4. The van der Waals surface area contributed by atoms with E-state index in [0.717, 1.165) is 15.2 Å². The maximum absolute atomic E-state index is 6.07. The lowest BCUT2D eigenvalue weighted by molar-refractivity contribution is 1.10. The van der Waals surface area contributed by atoms with Gasteiger partial charge < -0.3 is 0 Å². The Morgan fingerprint density at radius 3 is 2.85 bits per heavy atom. The highest BCUT2D eigenvalue weighted by Gasteiger charge is 2.00. The van der Waals surface area contributed by atoms with Crippen LogP contribution in [0.1, 0.15) is 18.9 Å². The minimum Gasteiger partial charge on any atom is -0.157 e. The summed E-state index contributed by atoms with van der Waals surface area (Å²) in [7, 11) is 0. The van der Waals surface area contributed by atoms with E-state index in [4.69, 9.17) is 11.6 Å². The summed E-state index contributed by atoms with van der Waals surface area (Å²) in [6.07, 6.45) is 1.22. The predicted octanol–water partition coefficient (Wildman–Crippen LogP) is 4.75. The average molecular weight is 280 g/mol. The normalized spacial score (nSPS) is 10.4. The fraction of sp³-hybridized carbons (Fsp3) is 0.400. The van der Waals surface area contributed by atoms with Gasteiger partial charge >= 0.3 is 0 Å². The Hall–Kier alpha value is 0.340. The number of hydrogen-bond donors (Lipinski definition) is 0. The zero-order chi connectivity index (χ0) is 9.68. The fourth-order valence-corrected chi connectivity index (χ4v) is 2.69. The lowest BCUT2D eigenvalue weighted by Gasteiger charge is -2.03. The lowest BCUT2D eigenvalue weighted by atomic mass is 10.2. The van der Waals surface area contributed by atoms with E-state index in [1.807, 2.05) is 23.9 Å². The van der Waals surface area contributed by atoms with Crippen molar-refractivity contribution in [3.05, 3.63) is 33.3 Å². The molecule has 0 fully saturated rings. The van der Waals surface area contributed by atoms with Gasteiger partial charge in [0.2, 0.25) is 0 Å². The first-order valence-electron chi connectivity index (χ1n) is 4.25. The maximum Gasteiger partial charge on any atom is 0.0457 e. The molecule has 3 heteroatoms. The monoisotopic (exact) mass is 278 g/mol. The van der Waals surface area contributed by atoms with Crippen molar-refractivity contribution in [3.8, 4) is 0 Å². The summed E-state index contributed by atoms with van der Waals surface area (Å²) in [5.41, 5.74) is 1.23. The van der Waals surface area contributed by atoms with Crippen molar-refractivity contribution in [1.82, 2.24) is 0 Å².